The highest BCUT2D eigenvalue weighted by Crippen LogP contribution is 2.26. The summed E-state index contributed by atoms with van der Waals surface area (Å²) in [6.07, 6.45) is 0.838. The summed E-state index contributed by atoms with van der Waals surface area (Å²) in [4.78, 5) is 25.1. The number of hydrogen-bond donors (Lipinski definition) is 2. The monoisotopic (exact) mass is 384 g/mol. The van der Waals surface area contributed by atoms with E-state index in [4.69, 9.17) is 4.74 Å². The van der Waals surface area contributed by atoms with E-state index in [1.165, 1.54) is 24.3 Å². The van der Waals surface area contributed by atoms with Crippen LogP contribution < -0.4 is 15.4 Å². The number of hydrogen-bond acceptors (Lipinski definition) is 3. The smallest absolute Gasteiger partial charge is 0.251 e. The predicted molar refractivity (Wildman–Crippen MR) is 105 cm³/mol. The quantitative estimate of drug-likeness (QED) is 0.805. The average molecular weight is 384 g/mol. The number of para-hydroxylation sites is 1. The fourth-order valence-corrected chi connectivity index (χ4v) is 3.24. The molecule has 2 unspecified atom stereocenters. The second-order valence-corrected chi connectivity index (χ2v) is 7.44. The number of benzene rings is 2. The molecule has 0 aliphatic carbocycles. The van der Waals surface area contributed by atoms with Crippen LogP contribution in [0.4, 0.5) is 4.39 Å². The maximum atomic E-state index is 13.0. The highest BCUT2D eigenvalue weighted by atomic mass is 19.1. The molecule has 0 aromatic heterocycles. The molecule has 0 spiro atoms. The lowest BCUT2D eigenvalue weighted by Gasteiger charge is -2.27. The molecule has 0 radical (unpaired) electrons. The summed E-state index contributed by atoms with van der Waals surface area (Å²) in [6, 6.07) is 12.5. The van der Waals surface area contributed by atoms with Crippen molar-refractivity contribution in [1.29, 1.82) is 0 Å². The molecule has 6 heteroatoms. The third-order valence-electron chi connectivity index (χ3n) is 4.86. The van der Waals surface area contributed by atoms with Gasteiger partial charge in [-0.3, -0.25) is 9.59 Å². The van der Waals surface area contributed by atoms with Gasteiger partial charge in [-0.05, 0) is 48.2 Å². The average Bonchev–Trinajstić information content (AvgIpc) is 2.70. The minimum Gasteiger partial charge on any atom is -0.493 e. The van der Waals surface area contributed by atoms with Crippen LogP contribution in [0.15, 0.2) is 48.5 Å². The normalized spacial score (nSPS) is 16.6. The second kappa shape index (κ2) is 8.87. The molecular formula is C22H25FN2O3. The summed E-state index contributed by atoms with van der Waals surface area (Å²) in [5.74, 6) is -0.0528. The van der Waals surface area contributed by atoms with Crippen LogP contribution in [0.5, 0.6) is 5.75 Å². The van der Waals surface area contributed by atoms with E-state index in [-0.39, 0.29) is 17.7 Å². The third kappa shape index (κ3) is 4.88. The molecule has 1 aliphatic heterocycles. The number of carbonyl (C=O) groups is 2. The highest BCUT2D eigenvalue weighted by Gasteiger charge is 2.26. The fraction of sp³-hybridized carbons (Fsp3) is 0.364. The molecule has 2 aromatic rings. The third-order valence-corrected chi connectivity index (χ3v) is 4.86. The molecule has 2 aromatic carbocycles. The largest absolute Gasteiger partial charge is 0.493 e. The lowest BCUT2D eigenvalue weighted by atomic mass is 9.96. The Morgan fingerprint density at radius 3 is 2.57 bits per heavy atom. The second-order valence-electron chi connectivity index (χ2n) is 7.44. The van der Waals surface area contributed by atoms with Crippen LogP contribution in [-0.2, 0) is 11.2 Å². The highest BCUT2D eigenvalue weighted by molar-refractivity contribution is 5.97. The Hall–Kier alpha value is -2.89. The number of fused-ring (bicyclic) bond motifs is 1. The zero-order valence-corrected chi connectivity index (χ0v) is 16.1. The van der Waals surface area contributed by atoms with Gasteiger partial charge in [0.1, 0.15) is 17.6 Å². The standard InChI is InChI=1S/C22H25FN2O3/c1-14(2)20(25-21(26)16-7-9-18(23)10-8-16)22(27)24-12-15-11-17-5-3-4-6-19(17)28-13-15/h3-10,14-15,20H,11-13H2,1-2H3,(H,24,27)(H,25,26). The van der Waals surface area contributed by atoms with Crippen LogP contribution in [0.3, 0.4) is 0 Å². The van der Waals surface area contributed by atoms with Gasteiger partial charge in [-0.25, -0.2) is 4.39 Å². The van der Waals surface area contributed by atoms with Gasteiger partial charge < -0.3 is 15.4 Å². The SMILES string of the molecule is CC(C)C(NC(=O)c1ccc(F)cc1)C(=O)NCC1COc2ccccc2C1. The topological polar surface area (TPSA) is 67.4 Å². The van der Waals surface area contributed by atoms with Crippen molar-refractivity contribution in [3.63, 3.8) is 0 Å². The maximum Gasteiger partial charge on any atom is 0.251 e. The van der Waals surface area contributed by atoms with Crippen LogP contribution in [0.2, 0.25) is 0 Å². The maximum absolute atomic E-state index is 13.0. The van der Waals surface area contributed by atoms with E-state index in [9.17, 15) is 14.0 Å². The van der Waals surface area contributed by atoms with E-state index in [0.29, 0.717) is 18.7 Å². The molecule has 148 valence electrons. The van der Waals surface area contributed by atoms with Crippen LogP contribution in [-0.4, -0.2) is 31.0 Å². The van der Waals surface area contributed by atoms with Crippen molar-refractivity contribution < 1.29 is 18.7 Å². The number of halogens is 1. The van der Waals surface area contributed by atoms with E-state index in [2.05, 4.69) is 10.6 Å². The Morgan fingerprint density at radius 2 is 1.86 bits per heavy atom. The van der Waals surface area contributed by atoms with Crippen molar-refractivity contribution in [3.8, 4) is 5.75 Å². The Morgan fingerprint density at radius 1 is 1.14 bits per heavy atom. The van der Waals surface area contributed by atoms with Gasteiger partial charge in [-0.2, -0.15) is 0 Å². The summed E-state index contributed by atoms with van der Waals surface area (Å²) in [6.45, 7) is 4.76. The zero-order valence-electron chi connectivity index (χ0n) is 16.1. The first kappa shape index (κ1) is 19.9. The molecule has 0 bridgehead atoms. The summed E-state index contributed by atoms with van der Waals surface area (Å²) in [5, 5.41) is 5.69. The number of nitrogens with one attached hydrogen (secondary N) is 2. The van der Waals surface area contributed by atoms with Crippen molar-refractivity contribution in [2.45, 2.75) is 26.3 Å². The van der Waals surface area contributed by atoms with E-state index >= 15 is 0 Å². The molecule has 0 fully saturated rings. The van der Waals surface area contributed by atoms with Crippen LogP contribution in [0.25, 0.3) is 0 Å². The molecule has 2 atom stereocenters. The van der Waals surface area contributed by atoms with Crippen LogP contribution >= 0.6 is 0 Å². The predicted octanol–water partition coefficient (Wildman–Crippen LogP) is 2.95. The van der Waals surface area contributed by atoms with Gasteiger partial charge in [0.25, 0.3) is 5.91 Å². The van der Waals surface area contributed by atoms with Gasteiger partial charge in [0.2, 0.25) is 5.91 Å². The van der Waals surface area contributed by atoms with E-state index in [1.54, 1.807) is 0 Å². The molecular weight excluding hydrogens is 359 g/mol. The van der Waals surface area contributed by atoms with Gasteiger partial charge >= 0.3 is 0 Å². The Labute approximate surface area is 164 Å². The first-order chi connectivity index (χ1) is 13.4. The summed E-state index contributed by atoms with van der Waals surface area (Å²) in [5.41, 5.74) is 1.45. The first-order valence-electron chi connectivity index (χ1n) is 9.49. The summed E-state index contributed by atoms with van der Waals surface area (Å²) >= 11 is 0. The van der Waals surface area contributed by atoms with Gasteiger partial charge in [0.15, 0.2) is 0 Å². The minimum absolute atomic E-state index is 0.0901. The van der Waals surface area contributed by atoms with Crippen molar-refractivity contribution in [2.75, 3.05) is 13.2 Å². The van der Waals surface area contributed by atoms with Crippen molar-refractivity contribution in [2.24, 2.45) is 11.8 Å². The lowest BCUT2D eigenvalue weighted by Crippen LogP contribution is -2.51. The Kier molecular flexibility index (Phi) is 6.29. The van der Waals surface area contributed by atoms with E-state index in [1.807, 2.05) is 38.1 Å². The summed E-state index contributed by atoms with van der Waals surface area (Å²) < 4.78 is 18.8. The Bertz CT molecular complexity index is 836. The van der Waals surface area contributed by atoms with Gasteiger partial charge in [-0.1, -0.05) is 32.0 Å². The van der Waals surface area contributed by atoms with E-state index < -0.39 is 17.8 Å². The van der Waals surface area contributed by atoms with Crippen molar-refractivity contribution in [1.82, 2.24) is 10.6 Å². The van der Waals surface area contributed by atoms with Crippen LogP contribution in [0, 0.1) is 17.7 Å². The number of ether oxygens (including phenoxy) is 1. The van der Waals surface area contributed by atoms with Gasteiger partial charge in [0.05, 0.1) is 6.61 Å². The number of amides is 2. The van der Waals surface area contributed by atoms with Crippen LogP contribution in [0.1, 0.15) is 29.8 Å². The van der Waals surface area contributed by atoms with Gasteiger partial charge in [0, 0.05) is 18.0 Å². The molecule has 5 nitrogen and oxygen atoms in total. The molecule has 28 heavy (non-hydrogen) atoms. The van der Waals surface area contributed by atoms with Crippen molar-refractivity contribution in [3.05, 3.63) is 65.5 Å². The molecule has 1 aliphatic rings. The number of rotatable bonds is 6. The van der Waals surface area contributed by atoms with E-state index in [0.717, 1.165) is 17.7 Å². The molecule has 1 heterocycles. The first-order valence-corrected chi connectivity index (χ1v) is 9.49. The molecule has 2 amide bonds. The Balaban J connectivity index is 1.56. The summed E-state index contributed by atoms with van der Waals surface area (Å²) in [7, 11) is 0. The molecule has 3 rings (SSSR count). The molecule has 0 saturated heterocycles. The minimum atomic E-state index is -0.672. The number of carbonyl (C=O) groups excluding carboxylic acids is 2. The van der Waals surface area contributed by atoms with Crippen molar-refractivity contribution >= 4 is 11.8 Å². The van der Waals surface area contributed by atoms with Gasteiger partial charge in [-0.15, -0.1) is 0 Å². The molecule has 2 N–H and O–H groups in total. The molecule has 0 saturated carbocycles. The zero-order chi connectivity index (χ0) is 20.1. The lowest BCUT2D eigenvalue weighted by molar-refractivity contribution is -0.124. The fourth-order valence-electron chi connectivity index (χ4n) is 3.24.